The Morgan fingerprint density at radius 2 is 1.71 bits per heavy atom. The average molecular weight is 576 g/mol. The number of amides is 1. The summed E-state index contributed by atoms with van der Waals surface area (Å²) < 4.78 is 55.5. The predicted molar refractivity (Wildman–Crippen MR) is 148 cm³/mol. The molecule has 1 atom stereocenters. The molecule has 0 aliphatic carbocycles. The lowest BCUT2D eigenvalue weighted by molar-refractivity contribution is -0.140. The van der Waals surface area contributed by atoms with Crippen LogP contribution in [0.4, 0.5) is 17.6 Å². The minimum absolute atomic E-state index is 0.0105. The monoisotopic (exact) mass is 575 g/mol. The molecule has 3 heterocycles. The first-order valence-electron chi connectivity index (χ1n) is 13.0. The molecule has 0 aliphatic heterocycles. The number of rotatable bonds is 7. The standard InChI is InChI=1S/C31H25F4N5O2/c1-19-5-8-23(9-6-19)40-29(38-27-17-37-13-11-24(27)30(40)42)20(2)39(18-22-4-3-12-36-16-22)28(41)15-21-7-10-26(32)25(14-21)31(33,34)35/h3-14,16-17,20H,15,18H2,1-2H3/t20-/m1/s1. The van der Waals surface area contributed by atoms with Gasteiger partial charge < -0.3 is 4.90 Å². The fraction of sp³-hybridized carbons (Fsp3) is 0.194. The molecule has 5 aromatic rings. The molecular formula is C31H25F4N5O2. The molecular weight excluding hydrogens is 550 g/mol. The van der Waals surface area contributed by atoms with Crippen LogP contribution in [0.3, 0.4) is 0 Å². The molecule has 0 N–H and O–H groups in total. The Balaban J connectivity index is 1.62. The molecule has 7 nitrogen and oxygen atoms in total. The maximum Gasteiger partial charge on any atom is 0.419 e. The second-order valence-electron chi connectivity index (χ2n) is 9.89. The molecule has 1 amide bonds. The summed E-state index contributed by atoms with van der Waals surface area (Å²) in [6.45, 7) is 3.62. The molecule has 0 saturated heterocycles. The van der Waals surface area contributed by atoms with Crippen molar-refractivity contribution in [2.75, 3.05) is 0 Å². The number of hydrogen-bond acceptors (Lipinski definition) is 5. The van der Waals surface area contributed by atoms with E-state index in [9.17, 15) is 27.2 Å². The third-order valence-corrected chi connectivity index (χ3v) is 6.92. The summed E-state index contributed by atoms with van der Waals surface area (Å²) in [5.41, 5.74) is 0.663. The SMILES string of the molecule is Cc1ccc(-n2c([C@@H](C)N(Cc3cccnc3)C(=O)Cc3ccc(F)c(C(F)(F)F)c3)nc3cnccc3c2=O)cc1. The summed E-state index contributed by atoms with van der Waals surface area (Å²) in [4.78, 5) is 42.0. The molecule has 0 saturated carbocycles. The van der Waals surface area contributed by atoms with E-state index in [1.807, 2.05) is 19.1 Å². The number of hydrogen-bond donors (Lipinski definition) is 0. The molecule has 0 spiro atoms. The van der Waals surface area contributed by atoms with Crippen molar-refractivity contribution in [3.8, 4) is 5.69 Å². The molecule has 0 radical (unpaired) electrons. The van der Waals surface area contributed by atoms with E-state index < -0.39 is 35.9 Å². The highest BCUT2D eigenvalue weighted by Gasteiger charge is 2.35. The van der Waals surface area contributed by atoms with Gasteiger partial charge in [0.15, 0.2) is 0 Å². The van der Waals surface area contributed by atoms with Crippen LogP contribution in [0.1, 0.15) is 41.0 Å². The van der Waals surface area contributed by atoms with Crippen LogP contribution >= 0.6 is 0 Å². The number of alkyl halides is 3. The summed E-state index contributed by atoms with van der Waals surface area (Å²) >= 11 is 0. The number of aromatic nitrogens is 4. The number of pyridine rings is 2. The van der Waals surface area contributed by atoms with Gasteiger partial charge in [-0.1, -0.05) is 29.8 Å². The summed E-state index contributed by atoms with van der Waals surface area (Å²) in [5.74, 6) is -1.74. The maximum atomic E-state index is 13.9. The number of benzene rings is 2. The van der Waals surface area contributed by atoms with Gasteiger partial charge in [-0.3, -0.25) is 24.1 Å². The van der Waals surface area contributed by atoms with Crippen molar-refractivity contribution in [1.82, 2.24) is 24.4 Å². The van der Waals surface area contributed by atoms with E-state index in [1.165, 1.54) is 21.9 Å². The van der Waals surface area contributed by atoms with Gasteiger partial charge in [0.1, 0.15) is 11.6 Å². The van der Waals surface area contributed by atoms with Gasteiger partial charge in [0.2, 0.25) is 5.91 Å². The molecule has 0 fully saturated rings. The van der Waals surface area contributed by atoms with Crippen LogP contribution in [-0.2, 0) is 23.9 Å². The van der Waals surface area contributed by atoms with Crippen LogP contribution in [0.5, 0.6) is 0 Å². The van der Waals surface area contributed by atoms with Crippen LogP contribution < -0.4 is 5.56 Å². The van der Waals surface area contributed by atoms with E-state index in [-0.39, 0.29) is 23.5 Å². The van der Waals surface area contributed by atoms with Crippen LogP contribution in [-0.4, -0.2) is 30.3 Å². The number of nitrogens with zero attached hydrogens (tertiary/aromatic N) is 5. The quantitative estimate of drug-likeness (QED) is 0.223. The minimum atomic E-state index is -4.92. The first-order valence-corrected chi connectivity index (χ1v) is 13.0. The van der Waals surface area contributed by atoms with Crippen LogP contribution in [0, 0.1) is 12.7 Å². The van der Waals surface area contributed by atoms with Gasteiger partial charge in [-0.15, -0.1) is 0 Å². The Bertz CT molecular complexity index is 1810. The molecule has 214 valence electrons. The summed E-state index contributed by atoms with van der Waals surface area (Å²) in [5, 5.41) is 0.331. The Morgan fingerprint density at radius 1 is 0.976 bits per heavy atom. The Hall–Kier alpha value is -4.93. The zero-order chi connectivity index (χ0) is 30.0. The lowest BCUT2D eigenvalue weighted by Crippen LogP contribution is -2.38. The average Bonchev–Trinajstić information content (AvgIpc) is 2.97. The molecule has 2 aromatic carbocycles. The van der Waals surface area contributed by atoms with E-state index in [1.54, 1.807) is 49.6 Å². The van der Waals surface area contributed by atoms with Crippen LogP contribution in [0.25, 0.3) is 16.6 Å². The van der Waals surface area contributed by atoms with Gasteiger partial charge >= 0.3 is 6.18 Å². The van der Waals surface area contributed by atoms with Crippen molar-refractivity contribution in [3.63, 3.8) is 0 Å². The third-order valence-electron chi connectivity index (χ3n) is 6.92. The van der Waals surface area contributed by atoms with Crippen molar-refractivity contribution < 1.29 is 22.4 Å². The molecule has 0 bridgehead atoms. The van der Waals surface area contributed by atoms with E-state index in [0.717, 1.165) is 11.6 Å². The normalized spacial score (nSPS) is 12.3. The lowest BCUT2D eigenvalue weighted by atomic mass is 10.1. The van der Waals surface area contributed by atoms with Crippen molar-refractivity contribution in [1.29, 1.82) is 0 Å². The van der Waals surface area contributed by atoms with Gasteiger partial charge in [-0.25, -0.2) is 9.37 Å². The number of carbonyl (C=O) groups excluding carboxylic acids is 1. The summed E-state index contributed by atoms with van der Waals surface area (Å²) in [7, 11) is 0. The van der Waals surface area contributed by atoms with Crippen molar-refractivity contribution in [2.24, 2.45) is 0 Å². The number of aryl methyl sites for hydroxylation is 1. The number of carbonyl (C=O) groups is 1. The Kier molecular flexibility index (Phi) is 7.84. The van der Waals surface area contributed by atoms with Crippen molar-refractivity contribution >= 4 is 16.8 Å². The minimum Gasteiger partial charge on any atom is -0.328 e. The molecule has 5 rings (SSSR count). The Labute approximate surface area is 238 Å². The second kappa shape index (κ2) is 11.5. The molecule has 0 unspecified atom stereocenters. The Morgan fingerprint density at radius 3 is 2.40 bits per heavy atom. The van der Waals surface area contributed by atoms with E-state index in [2.05, 4.69) is 9.97 Å². The topological polar surface area (TPSA) is 81.0 Å². The molecule has 0 aliphatic rings. The molecule has 42 heavy (non-hydrogen) atoms. The van der Waals surface area contributed by atoms with Crippen LogP contribution in [0.15, 0.2) is 90.2 Å². The lowest BCUT2D eigenvalue weighted by Gasteiger charge is -2.31. The van der Waals surface area contributed by atoms with Gasteiger partial charge in [0.25, 0.3) is 5.56 Å². The fourth-order valence-corrected chi connectivity index (χ4v) is 4.72. The zero-order valence-electron chi connectivity index (χ0n) is 22.6. The smallest absolute Gasteiger partial charge is 0.328 e. The first-order chi connectivity index (χ1) is 20.0. The van der Waals surface area contributed by atoms with Crippen molar-refractivity contribution in [3.05, 3.63) is 130 Å². The largest absolute Gasteiger partial charge is 0.419 e. The van der Waals surface area contributed by atoms with E-state index in [0.29, 0.717) is 34.3 Å². The van der Waals surface area contributed by atoms with Crippen LogP contribution in [0.2, 0.25) is 0 Å². The molecule has 11 heteroatoms. The van der Waals surface area contributed by atoms with Gasteiger partial charge in [-0.05, 0) is 61.4 Å². The van der Waals surface area contributed by atoms with Crippen molar-refractivity contribution in [2.45, 2.75) is 39.0 Å². The number of halogens is 4. The maximum absolute atomic E-state index is 13.9. The van der Waals surface area contributed by atoms with E-state index in [4.69, 9.17) is 4.98 Å². The van der Waals surface area contributed by atoms with Gasteiger partial charge in [0.05, 0.1) is 40.8 Å². The highest BCUT2D eigenvalue weighted by atomic mass is 19.4. The second-order valence-corrected chi connectivity index (χ2v) is 9.89. The molecule has 3 aromatic heterocycles. The first kappa shape index (κ1) is 28.6. The zero-order valence-corrected chi connectivity index (χ0v) is 22.6. The summed E-state index contributed by atoms with van der Waals surface area (Å²) in [6, 6.07) is 13.9. The third kappa shape index (κ3) is 5.90. The fourth-order valence-electron chi connectivity index (χ4n) is 4.72. The highest BCUT2D eigenvalue weighted by Crippen LogP contribution is 2.32. The number of fused-ring (bicyclic) bond motifs is 1. The predicted octanol–water partition coefficient (Wildman–Crippen LogP) is 5.97. The summed E-state index contributed by atoms with van der Waals surface area (Å²) in [6.07, 6.45) is 0.721. The van der Waals surface area contributed by atoms with E-state index >= 15 is 0 Å². The van der Waals surface area contributed by atoms with Gasteiger partial charge in [0, 0.05) is 25.1 Å². The highest BCUT2D eigenvalue weighted by molar-refractivity contribution is 5.80. The van der Waals surface area contributed by atoms with Gasteiger partial charge in [-0.2, -0.15) is 13.2 Å².